The van der Waals surface area contributed by atoms with Gasteiger partial charge in [0.15, 0.2) is 5.84 Å². The second kappa shape index (κ2) is 8.61. The van der Waals surface area contributed by atoms with Crippen LogP contribution < -0.4 is 10.3 Å². The van der Waals surface area contributed by atoms with Gasteiger partial charge in [0.25, 0.3) is 11.5 Å². The molecule has 0 atom stereocenters. The molecular formula is C22H19N7O3S2. The van der Waals surface area contributed by atoms with Crippen LogP contribution in [0.5, 0.6) is 5.75 Å². The number of amidine groups is 2. The van der Waals surface area contributed by atoms with Crippen molar-refractivity contribution in [1.29, 1.82) is 5.41 Å². The van der Waals surface area contributed by atoms with E-state index in [0.717, 1.165) is 15.6 Å². The summed E-state index contributed by atoms with van der Waals surface area (Å²) in [5, 5.41) is 20.4. The predicted octanol–water partition coefficient (Wildman–Crippen LogP) is 3.31. The molecule has 1 aromatic carbocycles. The monoisotopic (exact) mass is 493 g/mol. The summed E-state index contributed by atoms with van der Waals surface area (Å²) in [4.78, 5) is 33.7. The van der Waals surface area contributed by atoms with Gasteiger partial charge < -0.3 is 4.74 Å². The van der Waals surface area contributed by atoms with Crippen LogP contribution in [-0.2, 0) is 11.4 Å². The molecule has 10 nitrogen and oxygen atoms in total. The van der Waals surface area contributed by atoms with Crippen molar-refractivity contribution >= 4 is 56.1 Å². The smallest absolute Gasteiger partial charge is 0.283 e. The Balaban J connectivity index is 1.30. The number of hydrogen-bond donors (Lipinski definition) is 1. The van der Waals surface area contributed by atoms with Crippen LogP contribution in [0.15, 0.2) is 50.8 Å². The number of fused-ring (bicyclic) bond motifs is 2. The molecule has 172 valence electrons. The molecule has 0 spiro atoms. The van der Waals surface area contributed by atoms with Gasteiger partial charge in [-0.3, -0.25) is 15.0 Å². The van der Waals surface area contributed by atoms with Crippen LogP contribution in [-0.4, -0.2) is 41.6 Å². The topological polar surface area (TPSA) is 125 Å². The molecule has 0 unspecified atom stereocenters. The first-order chi connectivity index (χ1) is 16.3. The maximum atomic E-state index is 12.5. The highest BCUT2D eigenvalue weighted by atomic mass is 32.2. The minimum Gasteiger partial charge on any atom is -0.487 e. The van der Waals surface area contributed by atoms with Crippen LogP contribution in [0.2, 0.25) is 0 Å². The number of hydrazone groups is 1. The molecule has 2 aromatic heterocycles. The Hall–Kier alpha value is -3.64. The average molecular weight is 494 g/mol. The van der Waals surface area contributed by atoms with Gasteiger partial charge in [0, 0.05) is 12.0 Å². The molecule has 2 aliphatic rings. The van der Waals surface area contributed by atoms with E-state index in [2.05, 4.69) is 20.2 Å². The van der Waals surface area contributed by atoms with Crippen molar-refractivity contribution in [2.45, 2.75) is 27.4 Å². The van der Waals surface area contributed by atoms with Crippen molar-refractivity contribution < 1.29 is 9.53 Å². The fourth-order valence-corrected chi connectivity index (χ4v) is 4.91. The Morgan fingerprint density at radius 3 is 2.71 bits per heavy atom. The molecule has 1 amide bonds. The van der Waals surface area contributed by atoms with E-state index in [9.17, 15) is 9.59 Å². The van der Waals surface area contributed by atoms with Gasteiger partial charge in [-0.05, 0) is 42.5 Å². The molecule has 0 saturated heterocycles. The fraction of sp³-hybridized carbons (Fsp3) is 0.227. The van der Waals surface area contributed by atoms with E-state index in [1.807, 2.05) is 20.8 Å². The van der Waals surface area contributed by atoms with Crippen molar-refractivity contribution in [3.63, 3.8) is 0 Å². The molecule has 1 N–H and O–H groups in total. The normalized spacial score (nSPS) is 16.9. The van der Waals surface area contributed by atoms with Gasteiger partial charge in [-0.25, -0.2) is 4.98 Å². The standard InChI is InChI=1S/C22H19N7O3S2/c1-11(2)20-27-29-18(23)16(19(31)25-22(29)34-20)8-13-4-6-15(7-5-13)32-10-14-9-17(30)28-21(24-14)33-12(3)26-28/h4-9,11,23H,10H2,1-3H3/b16-8+,23-18?. The van der Waals surface area contributed by atoms with E-state index in [1.165, 1.54) is 38.7 Å². The Labute approximate surface area is 202 Å². The third-order valence-electron chi connectivity index (χ3n) is 4.94. The zero-order chi connectivity index (χ0) is 24.0. The second-order valence-electron chi connectivity index (χ2n) is 7.87. The van der Waals surface area contributed by atoms with Gasteiger partial charge in [-0.1, -0.05) is 37.3 Å². The first-order valence-electron chi connectivity index (χ1n) is 10.4. The van der Waals surface area contributed by atoms with Gasteiger partial charge in [0.2, 0.25) is 10.1 Å². The summed E-state index contributed by atoms with van der Waals surface area (Å²) in [6.07, 6.45) is 1.62. The second-order valence-corrected chi connectivity index (χ2v) is 10.0. The predicted molar refractivity (Wildman–Crippen MR) is 132 cm³/mol. The molecule has 2 aliphatic heterocycles. The molecule has 0 radical (unpaired) electrons. The lowest BCUT2D eigenvalue weighted by molar-refractivity contribution is -0.114. The summed E-state index contributed by atoms with van der Waals surface area (Å²) in [6.45, 7) is 5.96. The molecule has 5 rings (SSSR count). The highest BCUT2D eigenvalue weighted by molar-refractivity contribution is 8.27. The molecular weight excluding hydrogens is 474 g/mol. The number of aliphatic imine (C=N–C) groups is 1. The number of nitrogens with one attached hydrogen (secondary N) is 1. The number of nitrogens with zero attached hydrogens (tertiary/aromatic N) is 6. The Morgan fingerprint density at radius 1 is 1.21 bits per heavy atom. The molecule has 3 aromatic rings. The molecule has 34 heavy (non-hydrogen) atoms. The van der Waals surface area contributed by atoms with Crippen LogP contribution >= 0.6 is 23.1 Å². The Morgan fingerprint density at radius 2 is 1.97 bits per heavy atom. The Kier molecular flexibility index (Phi) is 5.62. The SMILES string of the molecule is Cc1nn2c(=O)cc(COc3ccc(/C=C4\C(=N)N5N=C(C(C)C)SC5=NC4=O)cc3)nc2s1. The van der Waals surface area contributed by atoms with E-state index in [0.29, 0.717) is 21.6 Å². The molecule has 0 saturated carbocycles. The van der Waals surface area contributed by atoms with E-state index in [4.69, 9.17) is 10.1 Å². The van der Waals surface area contributed by atoms with Crippen molar-refractivity contribution in [3.8, 4) is 5.75 Å². The van der Waals surface area contributed by atoms with Gasteiger partial charge in [-0.2, -0.15) is 24.7 Å². The molecule has 0 bridgehead atoms. The first-order valence-corrected chi connectivity index (χ1v) is 12.0. The summed E-state index contributed by atoms with van der Waals surface area (Å²) >= 11 is 2.66. The molecule has 0 aliphatic carbocycles. The quantitative estimate of drug-likeness (QED) is 0.541. The van der Waals surface area contributed by atoms with Crippen LogP contribution in [0.25, 0.3) is 11.0 Å². The zero-order valence-corrected chi connectivity index (χ0v) is 20.1. The zero-order valence-electron chi connectivity index (χ0n) is 18.5. The minimum absolute atomic E-state index is 0.00420. The van der Waals surface area contributed by atoms with Gasteiger partial charge in [-0.15, -0.1) is 0 Å². The lowest BCUT2D eigenvalue weighted by atomic mass is 10.1. The number of aryl methyl sites for hydroxylation is 1. The number of aromatic nitrogens is 3. The first kappa shape index (κ1) is 22.2. The van der Waals surface area contributed by atoms with Crippen LogP contribution in [0, 0.1) is 18.3 Å². The van der Waals surface area contributed by atoms with Gasteiger partial charge >= 0.3 is 0 Å². The number of rotatable bonds is 5. The van der Waals surface area contributed by atoms with Gasteiger partial charge in [0.05, 0.1) is 11.3 Å². The summed E-state index contributed by atoms with van der Waals surface area (Å²) in [6, 6.07) is 8.47. The fourth-order valence-electron chi connectivity index (χ4n) is 3.25. The Bertz CT molecular complexity index is 1480. The van der Waals surface area contributed by atoms with E-state index in [1.54, 1.807) is 30.3 Å². The van der Waals surface area contributed by atoms with Crippen LogP contribution in [0.3, 0.4) is 0 Å². The largest absolute Gasteiger partial charge is 0.487 e. The number of amides is 1. The van der Waals surface area contributed by atoms with Crippen molar-refractivity contribution in [2.24, 2.45) is 16.0 Å². The molecule has 4 heterocycles. The summed E-state index contributed by atoms with van der Waals surface area (Å²) in [5.74, 6) is 0.306. The number of carbonyl (C=O) groups excluding carboxylic acids is 1. The summed E-state index contributed by atoms with van der Waals surface area (Å²) in [5.41, 5.74) is 1.16. The van der Waals surface area contributed by atoms with Crippen molar-refractivity contribution in [2.75, 3.05) is 0 Å². The van der Waals surface area contributed by atoms with Crippen LogP contribution in [0.4, 0.5) is 0 Å². The number of thioether (sulfide) groups is 1. The maximum Gasteiger partial charge on any atom is 0.283 e. The third kappa shape index (κ3) is 4.17. The lowest BCUT2D eigenvalue weighted by Gasteiger charge is -2.20. The summed E-state index contributed by atoms with van der Waals surface area (Å²) in [7, 11) is 0. The minimum atomic E-state index is -0.463. The van der Waals surface area contributed by atoms with E-state index < -0.39 is 5.91 Å². The number of ether oxygens (including phenoxy) is 1. The molecule has 12 heteroatoms. The van der Waals surface area contributed by atoms with Crippen molar-refractivity contribution in [1.82, 2.24) is 19.6 Å². The number of hydrogen-bond acceptors (Lipinski definition) is 9. The van der Waals surface area contributed by atoms with Crippen LogP contribution in [0.1, 0.15) is 30.1 Å². The number of benzene rings is 1. The lowest BCUT2D eigenvalue weighted by Crippen LogP contribution is -2.35. The highest BCUT2D eigenvalue weighted by Crippen LogP contribution is 2.30. The van der Waals surface area contributed by atoms with E-state index >= 15 is 0 Å². The highest BCUT2D eigenvalue weighted by Gasteiger charge is 2.36. The van der Waals surface area contributed by atoms with E-state index in [-0.39, 0.29) is 29.5 Å². The maximum absolute atomic E-state index is 12.5. The average Bonchev–Trinajstić information content (AvgIpc) is 3.39. The number of carbonyl (C=O) groups is 1. The molecule has 0 fully saturated rings. The summed E-state index contributed by atoms with van der Waals surface area (Å²) < 4.78 is 7.05. The third-order valence-corrected chi connectivity index (χ3v) is 6.97. The van der Waals surface area contributed by atoms with Gasteiger partial charge in [0.1, 0.15) is 22.4 Å². The van der Waals surface area contributed by atoms with Crippen molar-refractivity contribution in [3.05, 3.63) is 62.5 Å².